The Labute approximate surface area is 210 Å². The number of hydrogen-bond acceptors (Lipinski definition) is 6. The van der Waals surface area contributed by atoms with Crippen LogP contribution in [0.15, 0.2) is 72.3 Å². The maximum Gasteiger partial charge on any atom is 0.335 e. The van der Waals surface area contributed by atoms with Crippen LogP contribution in [0.4, 0.5) is 10.1 Å². The summed E-state index contributed by atoms with van der Waals surface area (Å²) in [4.78, 5) is 37.9. The Morgan fingerprint density at radius 2 is 1.81 bits per heavy atom. The second-order valence-corrected chi connectivity index (χ2v) is 7.97. The van der Waals surface area contributed by atoms with E-state index in [-0.39, 0.29) is 34.3 Å². The number of methoxy groups -OCH3 is 1. The van der Waals surface area contributed by atoms with E-state index >= 15 is 0 Å². The van der Waals surface area contributed by atoms with Gasteiger partial charge in [-0.15, -0.1) is 0 Å². The highest BCUT2D eigenvalue weighted by Gasteiger charge is 2.36. The molecule has 182 valence electrons. The molecule has 1 aliphatic rings. The number of carboxylic acids is 1. The van der Waals surface area contributed by atoms with Crippen LogP contribution in [0.3, 0.4) is 0 Å². The molecule has 0 bridgehead atoms. The molecule has 1 fully saturated rings. The fraction of sp³-hybridized carbons (Fsp3) is 0.0769. The largest absolute Gasteiger partial charge is 0.493 e. The van der Waals surface area contributed by atoms with E-state index in [1.54, 1.807) is 36.4 Å². The summed E-state index contributed by atoms with van der Waals surface area (Å²) in [5.41, 5.74) is 0.810. The second-order valence-electron chi connectivity index (χ2n) is 7.58. The van der Waals surface area contributed by atoms with E-state index in [0.717, 1.165) is 4.90 Å². The zero-order chi connectivity index (χ0) is 25.8. The number of amides is 2. The van der Waals surface area contributed by atoms with Gasteiger partial charge in [0, 0.05) is 5.56 Å². The summed E-state index contributed by atoms with van der Waals surface area (Å²) < 4.78 is 25.8. The second kappa shape index (κ2) is 10.4. The van der Waals surface area contributed by atoms with E-state index in [1.807, 2.05) is 0 Å². The van der Waals surface area contributed by atoms with Gasteiger partial charge in [-0.05, 0) is 54.2 Å². The number of aromatic carboxylic acids is 1. The van der Waals surface area contributed by atoms with Crippen LogP contribution in [0, 0.1) is 5.82 Å². The van der Waals surface area contributed by atoms with E-state index in [9.17, 15) is 18.8 Å². The number of ether oxygens (including phenoxy) is 2. The Balaban J connectivity index is 1.68. The molecule has 0 atom stereocenters. The summed E-state index contributed by atoms with van der Waals surface area (Å²) in [6.45, 7) is 0.0576. The first-order valence-corrected chi connectivity index (χ1v) is 11.0. The molecule has 3 aromatic rings. The predicted molar refractivity (Wildman–Crippen MR) is 133 cm³/mol. The van der Waals surface area contributed by atoms with E-state index < -0.39 is 23.6 Å². The molecule has 3 aromatic carbocycles. The van der Waals surface area contributed by atoms with Gasteiger partial charge in [0.05, 0.1) is 18.4 Å². The number of nitrogens with zero attached hydrogens (tertiary/aromatic N) is 1. The van der Waals surface area contributed by atoms with Gasteiger partial charge in [0.25, 0.3) is 11.8 Å². The molecule has 36 heavy (non-hydrogen) atoms. The lowest BCUT2D eigenvalue weighted by molar-refractivity contribution is -0.122. The number of para-hydroxylation sites is 2. The molecule has 1 heterocycles. The van der Waals surface area contributed by atoms with Crippen LogP contribution in [0.1, 0.15) is 21.5 Å². The van der Waals surface area contributed by atoms with Crippen LogP contribution in [-0.2, 0) is 16.2 Å². The highest BCUT2D eigenvalue weighted by atomic mass is 32.1. The maximum absolute atomic E-state index is 14.4. The lowest BCUT2D eigenvalue weighted by atomic mass is 10.1. The van der Waals surface area contributed by atoms with Gasteiger partial charge in [-0.1, -0.05) is 36.4 Å². The highest BCUT2D eigenvalue weighted by Crippen LogP contribution is 2.34. The van der Waals surface area contributed by atoms with E-state index in [4.69, 9.17) is 26.8 Å². The Morgan fingerprint density at radius 3 is 2.47 bits per heavy atom. The average molecular weight is 507 g/mol. The third-order valence-electron chi connectivity index (χ3n) is 5.31. The van der Waals surface area contributed by atoms with E-state index in [0.29, 0.717) is 16.9 Å². The number of rotatable bonds is 7. The molecule has 1 saturated heterocycles. The molecule has 8 nitrogen and oxygen atoms in total. The van der Waals surface area contributed by atoms with E-state index in [1.165, 1.54) is 43.5 Å². The maximum atomic E-state index is 14.4. The van der Waals surface area contributed by atoms with Gasteiger partial charge < -0.3 is 14.6 Å². The van der Waals surface area contributed by atoms with Crippen molar-refractivity contribution in [3.8, 4) is 11.5 Å². The fourth-order valence-corrected chi connectivity index (χ4v) is 3.80. The molecule has 2 amide bonds. The smallest absolute Gasteiger partial charge is 0.335 e. The van der Waals surface area contributed by atoms with Crippen molar-refractivity contribution in [2.24, 2.45) is 0 Å². The molecule has 10 heteroatoms. The summed E-state index contributed by atoms with van der Waals surface area (Å²) >= 11 is 5.12. The molecule has 0 aliphatic carbocycles. The number of halogens is 1. The first kappa shape index (κ1) is 24.6. The fourth-order valence-electron chi connectivity index (χ4n) is 3.53. The van der Waals surface area contributed by atoms with Crippen LogP contribution in [0.5, 0.6) is 11.5 Å². The minimum Gasteiger partial charge on any atom is -0.493 e. The molecule has 0 radical (unpaired) electrons. The van der Waals surface area contributed by atoms with Gasteiger partial charge in [-0.25, -0.2) is 14.1 Å². The first-order valence-electron chi connectivity index (χ1n) is 10.6. The van der Waals surface area contributed by atoms with Crippen LogP contribution in [0.2, 0.25) is 0 Å². The van der Waals surface area contributed by atoms with Crippen LogP contribution < -0.4 is 19.7 Å². The zero-order valence-electron chi connectivity index (χ0n) is 18.9. The minimum absolute atomic E-state index is 0.0576. The summed E-state index contributed by atoms with van der Waals surface area (Å²) in [7, 11) is 1.44. The van der Waals surface area contributed by atoms with Crippen molar-refractivity contribution < 1.29 is 33.4 Å². The van der Waals surface area contributed by atoms with Crippen LogP contribution >= 0.6 is 12.2 Å². The molecule has 0 saturated carbocycles. The Bertz CT molecular complexity index is 1400. The SMILES string of the molecule is COc1cccc(/C=C2\C(=O)NC(=S)N(c3ccccc3F)C2=O)c1OCc1ccc(C(=O)O)cc1. The predicted octanol–water partition coefficient (Wildman–Crippen LogP) is 3.94. The van der Waals surface area contributed by atoms with Crippen LogP contribution in [0.25, 0.3) is 6.08 Å². The number of nitrogens with one attached hydrogen (secondary N) is 1. The summed E-state index contributed by atoms with van der Waals surface area (Å²) in [6.07, 6.45) is 1.32. The lowest BCUT2D eigenvalue weighted by Crippen LogP contribution is -2.54. The number of carboxylic acid groups (broad SMARTS) is 1. The highest BCUT2D eigenvalue weighted by molar-refractivity contribution is 7.80. The standard InChI is InChI=1S/C26H19FN2O6S/c1-34-21-8-4-5-17(22(21)35-14-15-9-11-16(12-10-15)25(32)33)13-18-23(30)28-26(36)29(24(18)31)20-7-3-2-6-19(20)27/h2-13H,14H2,1H3,(H,32,33)(H,28,30,36)/b18-13+. The Kier molecular flexibility index (Phi) is 7.07. The van der Waals surface area contributed by atoms with Crippen molar-refractivity contribution in [3.63, 3.8) is 0 Å². The van der Waals surface area contributed by atoms with Crippen molar-refractivity contribution in [2.45, 2.75) is 6.61 Å². The number of carbonyl (C=O) groups excluding carboxylic acids is 2. The van der Waals surface area contributed by atoms with Crippen molar-refractivity contribution in [1.82, 2.24) is 5.32 Å². The normalized spacial score (nSPS) is 14.6. The molecular weight excluding hydrogens is 487 g/mol. The number of hydrogen-bond donors (Lipinski definition) is 2. The van der Waals surface area contributed by atoms with Gasteiger partial charge >= 0.3 is 5.97 Å². The quantitative estimate of drug-likeness (QED) is 0.284. The molecular formula is C26H19FN2O6S. The molecule has 0 aromatic heterocycles. The Morgan fingerprint density at radius 1 is 1.08 bits per heavy atom. The molecule has 4 rings (SSSR count). The summed E-state index contributed by atoms with van der Waals surface area (Å²) in [6, 6.07) is 16.6. The summed E-state index contributed by atoms with van der Waals surface area (Å²) in [5.74, 6) is -2.66. The van der Waals surface area contributed by atoms with Crippen molar-refractivity contribution in [2.75, 3.05) is 12.0 Å². The molecule has 0 unspecified atom stereocenters. The number of carbonyl (C=O) groups is 3. The third kappa shape index (κ3) is 4.93. The topological polar surface area (TPSA) is 105 Å². The monoisotopic (exact) mass is 506 g/mol. The minimum atomic E-state index is -1.04. The lowest BCUT2D eigenvalue weighted by Gasteiger charge is -2.29. The van der Waals surface area contributed by atoms with Gasteiger partial charge in [0.1, 0.15) is 18.0 Å². The third-order valence-corrected chi connectivity index (χ3v) is 5.59. The summed E-state index contributed by atoms with van der Waals surface area (Å²) in [5, 5.41) is 11.2. The van der Waals surface area contributed by atoms with Gasteiger partial charge in [0.15, 0.2) is 16.6 Å². The number of thiocarbonyl (C=S) groups is 1. The Hall–Kier alpha value is -4.57. The molecule has 1 aliphatic heterocycles. The van der Waals surface area contributed by atoms with Gasteiger partial charge in [-0.2, -0.15) is 0 Å². The zero-order valence-corrected chi connectivity index (χ0v) is 19.7. The van der Waals surface area contributed by atoms with E-state index in [2.05, 4.69) is 5.32 Å². The van der Waals surface area contributed by atoms with Crippen molar-refractivity contribution in [1.29, 1.82) is 0 Å². The average Bonchev–Trinajstić information content (AvgIpc) is 2.86. The number of benzene rings is 3. The first-order chi connectivity index (χ1) is 17.3. The van der Waals surface area contributed by atoms with Crippen LogP contribution in [-0.4, -0.2) is 35.1 Å². The van der Waals surface area contributed by atoms with Gasteiger partial charge in [-0.3, -0.25) is 14.9 Å². The van der Waals surface area contributed by atoms with Crippen molar-refractivity contribution >= 4 is 46.9 Å². The number of anilines is 1. The molecule has 0 spiro atoms. The molecule has 2 N–H and O–H groups in total. The van der Waals surface area contributed by atoms with Crippen molar-refractivity contribution in [3.05, 3.63) is 94.8 Å². The van der Waals surface area contributed by atoms with Gasteiger partial charge in [0.2, 0.25) is 0 Å².